The Morgan fingerprint density at radius 3 is 2.69 bits per heavy atom. The van der Waals surface area contributed by atoms with E-state index in [-0.39, 0.29) is 18.2 Å². The monoisotopic (exact) mass is 553 g/mol. The highest BCUT2D eigenvalue weighted by atomic mass is 35.5. The third-order valence-corrected chi connectivity index (χ3v) is 7.99. The predicted octanol–water partition coefficient (Wildman–Crippen LogP) is 6.95. The van der Waals surface area contributed by atoms with E-state index in [9.17, 15) is 9.59 Å². The number of hydrogen-bond acceptors (Lipinski definition) is 6. The number of carbonyl (C=O) groups is 2. The van der Waals surface area contributed by atoms with Gasteiger partial charge >= 0.3 is 0 Å². The molecule has 0 saturated carbocycles. The Hall–Kier alpha value is -2.78. The quantitative estimate of drug-likeness (QED) is 0.229. The summed E-state index contributed by atoms with van der Waals surface area (Å²) in [4.78, 5) is 32.8. The summed E-state index contributed by atoms with van der Waals surface area (Å²) in [6.45, 7) is 2.36. The van der Waals surface area contributed by atoms with Gasteiger partial charge in [0.1, 0.15) is 4.32 Å². The van der Waals surface area contributed by atoms with Crippen molar-refractivity contribution in [1.82, 2.24) is 9.88 Å². The molecule has 1 aliphatic heterocycles. The lowest BCUT2D eigenvalue weighted by Gasteiger charge is -2.13. The van der Waals surface area contributed by atoms with Crippen LogP contribution in [0.15, 0.2) is 77.3 Å². The first-order valence-electron chi connectivity index (χ1n) is 11.4. The highest BCUT2D eigenvalue weighted by molar-refractivity contribution is 8.26. The molecule has 2 aromatic carbocycles. The van der Waals surface area contributed by atoms with Crippen molar-refractivity contribution in [3.05, 3.63) is 98.4 Å². The number of amides is 2. The molecule has 3 aromatic rings. The average molecular weight is 554 g/mol. The summed E-state index contributed by atoms with van der Waals surface area (Å²) in [6, 6.07) is 17.6. The van der Waals surface area contributed by atoms with Crippen LogP contribution in [0.3, 0.4) is 0 Å². The molecule has 9 heteroatoms. The predicted molar refractivity (Wildman–Crippen MR) is 154 cm³/mol. The van der Waals surface area contributed by atoms with E-state index in [0.29, 0.717) is 38.8 Å². The zero-order valence-corrected chi connectivity index (χ0v) is 22.8. The number of thiazole rings is 1. The molecule has 1 aliphatic rings. The summed E-state index contributed by atoms with van der Waals surface area (Å²) in [5.74, 6) is -0.258. The molecule has 0 spiro atoms. The van der Waals surface area contributed by atoms with Crippen LogP contribution >= 0.6 is 46.9 Å². The molecule has 1 aromatic heterocycles. The molecule has 1 N–H and O–H groups in total. The number of allylic oxidation sites excluding steroid dienone is 2. The molecule has 0 unspecified atom stereocenters. The minimum Gasteiger partial charge on any atom is -0.302 e. The summed E-state index contributed by atoms with van der Waals surface area (Å²) in [6.07, 6.45) is 7.07. The third-order valence-electron chi connectivity index (χ3n) is 5.33. The summed E-state index contributed by atoms with van der Waals surface area (Å²) in [7, 11) is 0. The van der Waals surface area contributed by atoms with E-state index in [1.54, 1.807) is 11.1 Å². The van der Waals surface area contributed by atoms with Crippen molar-refractivity contribution in [2.75, 3.05) is 11.9 Å². The number of thioether (sulfide) groups is 1. The summed E-state index contributed by atoms with van der Waals surface area (Å²) >= 11 is 14.4. The molecule has 36 heavy (non-hydrogen) atoms. The van der Waals surface area contributed by atoms with Crippen LogP contribution in [0.1, 0.15) is 35.8 Å². The van der Waals surface area contributed by atoms with Gasteiger partial charge in [0.2, 0.25) is 5.91 Å². The van der Waals surface area contributed by atoms with Gasteiger partial charge < -0.3 is 5.32 Å². The molecule has 0 aliphatic carbocycles. The Morgan fingerprint density at radius 1 is 1.17 bits per heavy atom. The van der Waals surface area contributed by atoms with E-state index < -0.39 is 0 Å². The molecular formula is C27H24ClN3O2S3. The maximum absolute atomic E-state index is 12.9. The van der Waals surface area contributed by atoms with Gasteiger partial charge in [-0.1, -0.05) is 90.2 Å². The molecule has 0 bridgehead atoms. The molecule has 1 saturated heterocycles. The molecular weight excluding hydrogens is 530 g/mol. The van der Waals surface area contributed by atoms with Crippen molar-refractivity contribution < 1.29 is 9.59 Å². The molecule has 0 atom stereocenters. The molecule has 5 nitrogen and oxygen atoms in total. The number of aromatic nitrogens is 1. The van der Waals surface area contributed by atoms with Gasteiger partial charge in [-0.2, -0.15) is 0 Å². The van der Waals surface area contributed by atoms with E-state index >= 15 is 0 Å². The number of benzene rings is 2. The number of nitrogens with zero attached hydrogens (tertiary/aromatic N) is 2. The second kappa shape index (κ2) is 12.5. The van der Waals surface area contributed by atoms with Gasteiger partial charge in [-0.05, 0) is 42.2 Å². The fraction of sp³-hybridized carbons (Fsp3) is 0.185. The largest absolute Gasteiger partial charge is 0.302 e. The van der Waals surface area contributed by atoms with Gasteiger partial charge in [0.15, 0.2) is 5.13 Å². The Bertz CT molecular complexity index is 1330. The fourth-order valence-corrected chi connectivity index (χ4v) is 6.02. The summed E-state index contributed by atoms with van der Waals surface area (Å²) in [5, 5.41) is 4.11. The van der Waals surface area contributed by atoms with Crippen LogP contribution in [-0.4, -0.2) is 32.6 Å². The molecule has 184 valence electrons. The van der Waals surface area contributed by atoms with Gasteiger partial charge in [-0.15, -0.1) is 11.3 Å². The third kappa shape index (κ3) is 7.13. The molecule has 2 heterocycles. The van der Waals surface area contributed by atoms with E-state index in [4.69, 9.17) is 23.8 Å². The topological polar surface area (TPSA) is 62.3 Å². The zero-order chi connectivity index (χ0) is 25.5. The second-order valence-corrected chi connectivity index (χ2v) is 11.4. The van der Waals surface area contributed by atoms with Gasteiger partial charge in [0, 0.05) is 35.5 Å². The number of halogens is 1. The maximum atomic E-state index is 12.9. The molecule has 0 radical (unpaired) electrons. The van der Waals surface area contributed by atoms with Crippen LogP contribution < -0.4 is 5.32 Å². The van der Waals surface area contributed by atoms with Crippen LogP contribution in [0.25, 0.3) is 6.08 Å². The van der Waals surface area contributed by atoms with Crippen molar-refractivity contribution in [2.24, 2.45) is 0 Å². The molecule has 2 amide bonds. The maximum Gasteiger partial charge on any atom is 0.266 e. The van der Waals surface area contributed by atoms with Gasteiger partial charge in [0.05, 0.1) is 4.91 Å². The normalized spacial score (nSPS) is 15.1. The van der Waals surface area contributed by atoms with Crippen molar-refractivity contribution in [3.8, 4) is 0 Å². The number of carbonyl (C=O) groups excluding carboxylic acids is 2. The number of hydrogen-bond donors (Lipinski definition) is 1. The highest BCUT2D eigenvalue weighted by Crippen LogP contribution is 2.32. The Kier molecular flexibility index (Phi) is 9.09. The van der Waals surface area contributed by atoms with Crippen molar-refractivity contribution in [1.29, 1.82) is 0 Å². The zero-order valence-electron chi connectivity index (χ0n) is 19.6. The number of thiocarbonyl (C=S) groups is 1. The van der Waals surface area contributed by atoms with E-state index in [1.807, 2.05) is 73.7 Å². The van der Waals surface area contributed by atoms with Gasteiger partial charge in [-0.3, -0.25) is 14.5 Å². The Balaban J connectivity index is 1.26. The van der Waals surface area contributed by atoms with E-state index in [0.717, 1.165) is 21.6 Å². The number of nitrogens with one attached hydrogen (secondary N) is 1. The Morgan fingerprint density at radius 2 is 1.92 bits per heavy atom. The second-order valence-electron chi connectivity index (χ2n) is 8.18. The fourth-order valence-electron chi connectivity index (χ4n) is 3.61. The van der Waals surface area contributed by atoms with Crippen LogP contribution in [0.5, 0.6) is 0 Å². The lowest BCUT2D eigenvalue weighted by Crippen LogP contribution is -2.29. The summed E-state index contributed by atoms with van der Waals surface area (Å²) in [5.41, 5.74) is 3.06. The average Bonchev–Trinajstić information content (AvgIpc) is 3.39. The smallest absolute Gasteiger partial charge is 0.266 e. The molecule has 4 rings (SSSR count). The minimum atomic E-state index is -0.142. The minimum absolute atomic E-state index is 0.115. The number of anilines is 1. The van der Waals surface area contributed by atoms with E-state index in [2.05, 4.69) is 10.3 Å². The first-order chi connectivity index (χ1) is 17.4. The lowest BCUT2D eigenvalue weighted by atomic mass is 10.1. The van der Waals surface area contributed by atoms with Crippen LogP contribution in [0.4, 0.5) is 5.13 Å². The lowest BCUT2D eigenvalue weighted by molar-refractivity contribution is -0.122. The van der Waals surface area contributed by atoms with Gasteiger partial charge in [-0.25, -0.2) is 4.98 Å². The highest BCUT2D eigenvalue weighted by Gasteiger charge is 2.31. The molecule has 1 fully saturated rings. The van der Waals surface area contributed by atoms with Crippen molar-refractivity contribution in [3.63, 3.8) is 0 Å². The standard InChI is InChI=1S/C27H24ClN3O2S3/c1-18(14-19-8-3-2-4-9-19)15-23-25(33)31(27(34)36-23)13-7-12-24(32)30-26-29-17-21(35-26)16-20-10-5-6-11-22(20)28/h2-6,8-11,14-15,17H,7,12-13,16H2,1H3,(H,29,30,32). The van der Waals surface area contributed by atoms with Crippen LogP contribution in [0.2, 0.25) is 5.02 Å². The van der Waals surface area contributed by atoms with Crippen LogP contribution in [-0.2, 0) is 16.0 Å². The van der Waals surface area contributed by atoms with Crippen molar-refractivity contribution in [2.45, 2.75) is 26.2 Å². The van der Waals surface area contributed by atoms with Crippen LogP contribution in [0, 0.1) is 0 Å². The first kappa shape index (κ1) is 26.3. The first-order valence-corrected chi connectivity index (χ1v) is 13.8. The number of rotatable bonds is 9. The SMILES string of the molecule is CC(=Cc1ccccc1)C=C1SC(=S)N(CCCC(=O)Nc2ncc(Cc3ccccc3Cl)s2)C1=O. The van der Waals surface area contributed by atoms with Crippen molar-refractivity contribution >= 4 is 74.3 Å². The Labute approximate surface area is 229 Å². The summed E-state index contributed by atoms with van der Waals surface area (Å²) < 4.78 is 0.517. The van der Waals surface area contributed by atoms with Gasteiger partial charge in [0.25, 0.3) is 5.91 Å². The van der Waals surface area contributed by atoms with E-state index in [1.165, 1.54) is 23.1 Å².